The molecule has 2 heterocycles. The van der Waals surface area contributed by atoms with Crippen LogP contribution in [-0.4, -0.2) is 40.8 Å². The number of hydrogen-bond acceptors (Lipinski definition) is 5. The van der Waals surface area contributed by atoms with E-state index in [1.807, 2.05) is 25.7 Å². The van der Waals surface area contributed by atoms with Crippen LogP contribution in [0.4, 0.5) is 0 Å². The fraction of sp³-hybridized carbons (Fsp3) is 0.476. The third-order valence-electron chi connectivity index (χ3n) is 4.86. The lowest BCUT2D eigenvalue weighted by atomic mass is 10.0. The highest BCUT2D eigenvalue weighted by molar-refractivity contribution is 7.13. The molecule has 2 aromatic rings. The molecule has 1 fully saturated rings. The number of aryl methyl sites for hydroxylation is 1. The molecular formula is C21H26ClN3O3S. The number of nitrogens with one attached hydrogen (secondary N) is 1. The number of nitrogens with zero attached hydrogens (tertiary/aromatic N) is 2. The lowest BCUT2D eigenvalue weighted by molar-refractivity contribution is -0.135. The molecular weight excluding hydrogens is 410 g/mol. The minimum absolute atomic E-state index is 0.00879. The van der Waals surface area contributed by atoms with E-state index in [1.54, 1.807) is 24.3 Å². The minimum Gasteiger partial charge on any atom is -0.486 e. The fourth-order valence-corrected chi connectivity index (χ4v) is 4.27. The molecule has 0 radical (unpaired) electrons. The molecule has 1 saturated heterocycles. The number of rotatable bonds is 6. The van der Waals surface area contributed by atoms with Crippen molar-refractivity contribution in [1.29, 1.82) is 0 Å². The van der Waals surface area contributed by atoms with Crippen molar-refractivity contribution < 1.29 is 14.3 Å². The number of likely N-dealkylation sites (tertiary alicyclic amines) is 1. The summed E-state index contributed by atoms with van der Waals surface area (Å²) in [6.07, 6.45) is 1.54. The summed E-state index contributed by atoms with van der Waals surface area (Å²) >= 11 is 7.22. The smallest absolute Gasteiger partial charge is 0.263 e. The maximum absolute atomic E-state index is 12.7. The largest absolute Gasteiger partial charge is 0.486 e. The van der Waals surface area contributed by atoms with Crippen molar-refractivity contribution in [2.24, 2.45) is 5.92 Å². The van der Waals surface area contributed by atoms with Crippen LogP contribution in [0.15, 0.2) is 24.3 Å². The molecule has 1 aromatic carbocycles. The first-order valence-electron chi connectivity index (χ1n) is 9.78. The van der Waals surface area contributed by atoms with Crippen LogP contribution >= 0.6 is 22.9 Å². The van der Waals surface area contributed by atoms with E-state index < -0.39 is 0 Å². The van der Waals surface area contributed by atoms with Crippen LogP contribution in [0.1, 0.15) is 47.1 Å². The van der Waals surface area contributed by atoms with Crippen molar-refractivity contribution in [2.45, 2.75) is 46.3 Å². The summed E-state index contributed by atoms with van der Waals surface area (Å²) in [7, 11) is 0. The Balaban J connectivity index is 1.52. The van der Waals surface area contributed by atoms with Gasteiger partial charge in [0.15, 0.2) is 0 Å². The molecule has 2 amide bonds. The molecule has 0 aliphatic carbocycles. The Labute approximate surface area is 180 Å². The number of thiazole rings is 1. The predicted molar refractivity (Wildman–Crippen MR) is 115 cm³/mol. The Morgan fingerprint density at radius 2 is 1.93 bits per heavy atom. The zero-order chi connectivity index (χ0) is 21.0. The van der Waals surface area contributed by atoms with Crippen molar-refractivity contribution in [3.8, 4) is 5.75 Å². The van der Waals surface area contributed by atoms with Gasteiger partial charge in [0.1, 0.15) is 22.2 Å². The Hall–Kier alpha value is -2.12. The van der Waals surface area contributed by atoms with Crippen LogP contribution in [0.3, 0.4) is 0 Å². The van der Waals surface area contributed by atoms with E-state index in [2.05, 4.69) is 10.3 Å². The van der Waals surface area contributed by atoms with Gasteiger partial charge in [0.05, 0.1) is 5.69 Å². The molecule has 0 spiro atoms. The zero-order valence-electron chi connectivity index (χ0n) is 16.9. The van der Waals surface area contributed by atoms with Gasteiger partial charge in [0.2, 0.25) is 5.91 Å². The van der Waals surface area contributed by atoms with Crippen LogP contribution < -0.4 is 10.1 Å². The highest BCUT2D eigenvalue weighted by Gasteiger charge is 2.26. The molecule has 0 unspecified atom stereocenters. The number of halogens is 1. The number of ether oxygens (including phenoxy) is 1. The van der Waals surface area contributed by atoms with Gasteiger partial charge in [-0.1, -0.05) is 25.4 Å². The first kappa shape index (κ1) is 21.6. The lowest BCUT2D eigenvalue weighted by Crippen LogP contribution is -2.47. The Bertz CT molecular complexity index is 859. The summed E-state index contributed by atoms with van der Waals surface area (Å²) in [4.78, 5) is 31.8. The van der Waals surface area contributed by atoms with Crippen molar-refractivity contribution in [2.75, 3.05) is 13.1 Å². The molecule has 1 aliphatic rings. The summed E-state index contributed by atoms with van der Waals surface area (Å²) in [5, 5.41) is 4.50. The quantitative estimate of drug-likeness (QED) is 0.742. The van der Waals surface area contributed by atoms with E-state index in [-0.39, 0.29) is 23.8 Å². The van der Waals surface area contributed by atoms with E-state index >= 15 is 0 Å². The van der Waals surface area contributed by atoms with Gasteiger partial charge in [0.25, 0.3) is 5.91 Å². The van der Waals surface area contributed by atoms with E-state index in [4.69, 9.17) is 16.3 Å². The van der Waals surface area contributed by atoms with Crippen molar-refractivity contribution in [3.05, 3.63) is 44.9 Å². The van der Waals surface area contributed by atoms with Crippen LogP contribution in [0.5, 0.6) is 5.75 Å². The molecule has 29 heavy (non-hydrogen) atoms. The van der Waals surface area contributed by atoms with Gasteiger partial charge in [-0.3, -0.25) is 9.59 Å². The first-order chi connectivity index (χ1) is 13.8. The van der Waals surface area contributed by atoms with Gasteiger partial charge in [-0.05, 0) is 44.0 Å². The van der Waals surface area contributed by atoms with Gasteiger partial charge < -0.3 is 15.0 Å². The summed E-state index contributed by atoms with van der Waals surface area (Å²) in [5.41, 5.74) is 0.703. The standard InChI is InChI=1S/C21H26ClN3O3S/c1-13(2)21(27)25-10-8-16(9-11-25)24-20(26)19-14(3)23-18(29-19)12-28-17-6-4-15(22)5-7-17/h4-7,13,16H,8-12H2,1-3H3,(H,24,26). The molecule has 1 aromatic heterocycles. The molecule has 156 valence electrons. The second-order valence-electron chi connectivity index (χ2n) is 7.49. The van der Waals surface area contributed by atoms with Gasteiger partial charge in [-0.15, -0.1) is 11.3 Å². The second kappa shape index (κ2) is 9.59. The Kier molecular flexibility index (Phi) is 7.14. The number of benzene rings is 1. The first-order valence-corrected chi connectivity index (χ1v) is 11.0. The third kappa shape index (κ3) is 5.70. The molecule has 0 bridgehead atoms. The van der Waals surface area contributed by atoms with E-state index in [1.165, 1.54) is 11.3 Å². The van der Waals surface area contributed by atoms with E-state index in [0.29, 0.717) is 41.0 Å². The number of aromatic nitrogens is 1. The molecule has 1 aliphatic heterocycles. The maximum atomic E-state index is 12.7. The van der Waals surface area contributed by atoms with Crippen LogP contribution in [0, 0.1) is 12.8 Å². The number of carbonyl (C=O) groups is 2. The normalized spacial score (nSPS) is 14.9. The summed E-state index contributed by atoms with van der Waals surface area (Å²) < 4.78 is 5.72. The molecule has 1 N–H and O–H groups in total. The lowest BCUT2D eigenvalue weighted by Gasteiger charge is -2.33. The monoisotopic (exact) mass is 435 g/mol. The topological polar surface area (TPSA) is 71.5 Å². The number of hydrogen-bond donors (Lipinski definition) is 1. The van der Waals surface area contributed by atoms with Crippen molar-refractivity contribution in [1.82, 2.24) is 15.2 Å². The van der Waals surface area contributed by atoms with Crippen LogP contribution in [-0.2, 0) is 11.4 Å². The van der Waals surface area contributed by atoms with Crippen molar-refractivity contribution >= 4 is 34.8 Å². The number of amides is 2. The molecule has 8 heteroatoms. The van der Waals surface area contributed by atoms with Crippen molar-refractivity contribution in [3.63, 3.8) is 0 Å². The van der Waals surface area contributed by atoms with E-state index in [0.717, 1.165) is 17.8 Å². The van der Waals surface area contributed by atoms with Gasteiger partial charge in [-0.2, -0.15) is 0 Å². The average Bonchev–Trinajstić information content (AvgIpc) is 3.08. The fourth-order valence-electron chi connectivity index (χ4n) is 3.26. The highest BCUT2D eigenvalue weighted by Crippen LogP contribution is 2.22. The second-order valence-corrected chi connectivity index (χ2v) is 9.01. The summed E-state index contributed by atoms with van der Waals surface area (Å²) in [5.74, 6) is 0.787. The van der Waals surface area contributed by atoms with Gasteiger partial charge in [0, 0.05) is 30.1 Å². The molecule has 6 nitrogen and oxygen atoms in total. The molecule has 3 rings (SSSR count). The third-order valence-corrected chi connectivity index (χ3v) is 6.24. The van der Waals surface area contributed by atoms with E-state index in [9.17, 15) is 9.59 Å². The Morgan fingerprint density at radius 3 is 2.55 bits per heavy atom. The minimum atomic E-state index is -0.105. The number of piperidine rings is 1. The average molecular weight is 436 g/mol. The predicted octanol–water partition coefficient (Wildman–Crippen LogP) is 4.06. The molecule has 0 atom stereocenters. The maximum Gasteiger partial charge on any atom is 0.263 e. The summed E-state index contributed by atoms with van der Waals surface area (Å²) in [6, 6.07) is 7.21. The molecule has 0 saturated carbocycles. The van der Waals surface area contributed by atoms with Gasteiger partial charge in [-0.25, -0.2) is 4.98 Å². The van der Waals surface area contributed by atoms with Crippen LogP contribution in [0.25, 0.3) is 0 Å². The summed E-state index contributed by atoms with van der Waals surface area (Å²) in [6.45, 7) is 7.33. The van der Waals surface area contributed by atoms with Gasteiger partial charge >= 0.3 is 0 Å². The zero-order valence-corrected chi connectivity index (χ0v) is 18.5. The highest BCUT2D eigenvalue weighted by atomic mass is 35.5. The SMILES string of the molecule is Cc1nc(COc2ccc(Cl)cc2)sc1C(=O)NC1CCN(C(=O)C(C)C)CC1. The Morgan fingerprint density at radius 1 is 1.28 bits per heavy atom. The van der Waals surface area contributed by atoms with Crippen LogP contribution in [0.2, 0.25) is 5.02 Å². The number of carbonyl (C=O) groups excluding carboxylic acids is 2.